The summed E-state index contributed by atoms with van der Waals surface area (Å²) in [7, 11) is 0. The summed E-state index contributed by atoms with van der Waals surface area (Å²) < 4.78 is 5.93. The van der Waals surface area contributed by atoms with Crippen molar-refractivity contribution in [3.8, 4) is 5.75 Å². The first-order chi connectivity index (χ1) is 12.9. The van der Waals surface area contributed by atoms with Crippen LogP contribution in [0.25, 0.3) is 0 Å². The molecule has 1 saturated heterocycles. The Morgan fingerprint density at radius 2 is 1.23 bits per heavy atom. The van der Waals surface area contributed by atoms with Gasteiger partial charge in [0.25, 0.3) is 0 Å². The van der Waals surface area contributed by atoms with Crippen LogP contribution in [-0.2, 0) is 0 Å². The van der Waals surface area contributed by atoms with Gasteiger partial charge in [-0.25, -0.2) is 0 Å². The zero-order chi connectivity index (χ0) is 18.3. The van der Waals surface area contributed by atoms with Crippen molar-refractivity contribution in [1.82, 2.24) is 0 Å². The third-order valence-electron chi connectivity index (χ3n) is 5.57. The van der Waals surface area contributed by atoms with E-state index < -0.39 is 0 Å². The number of nitrogens with zero attached hydrogens (tertiary/aromatic N) is 1. The average Bonchev–Trinajstić information content (AvgIpc) is 2.96. The Morgan fingerprint density at radius 3 is 1.81 bits per heavy atom. The molecule has 0 unspecified atom stereocenters. The lowest BCUT2D eigenvalue weighted by Gasteiger charge is -2.22. The topological polar surface area (TPSA) is 12.5 Å². The fourth-order valence-corrected chi connectivity index (χ4v) is 3.86. The molecule has 1 aromatic carbocycles. The molecule has 1 fully saturated rings. The Bertz CT molecular complexity index is 434. The van der Waals surface area contributed by atoms with Crippen molar-refractivity contribution in [3.05, 3.63) is 24.3 Å². The molecule has 0 saturated carbocycles. The molecule has 2 rings (SSSR count). The van der Waals surface area contributed by atoms with Gasteiger partial charge in [-0.15, -0.1) is 0 Å². The summed E-state index contributed by atoms with van der Waals surface area (Å²) >= 11 is 0. The standard InChI is InChI=1S/C24H41NO/c1-2-3-4-5-6-7-8-9-12-15-22-26-24-18-16-23(17-19-24)25-20-13-10-11-14-21-25/h16-19H,2-15,20-22H2,1H3. The Morgan fingerprint density at radius 1 is 0.692 bits per heavy atom. The number of anilines is 1. The molecule has 0 spiro atoms. The van der Waals surface area contributed by atoms with Gasteiger partial charge in [0.2, 0.25) is 0 Å². The van der Waals surface area contributed by atoms with Gasteiger partial charge in [-0.2, -0.15) is 0 Å². The third kappa shape index (κ3) is 8.96. The SMILES string of the molecule is CCCCCCCCCCCCOc1ccc(N2CCCCCC2)cc1. The molecule has 26 heavy (non-hydrogen) atoms. The van der Waals surface area contributed by atoms with Crippen LogP contribution >= 0.6 is 0 Å². The summed E-state index contributed by atoms with van der Waals surface area (Å²) in [5, 5.41) is 0. The normalized spacial score (nSPS) is 15.0. The van der Waals surface area contributed by atoms with Crippen LogP contribution in [0.15, 0.2) is 24.3 Å². The van der Waals surface area contributed by atoms with E-state index in [-0.39, 0.29) is 0 Å². The largest absolute Gasteiger partial charge is 0.494 e. The van der Waals surface area contributed by atoms with Gasteiger partial charge in [-0.05, 0) is 43.5 Å². The van der Waals surface area contributed by atoms with Gasteiger partial charge in [0, 0.05) is 18.8 Å². The lowest BCUT2D eigenvalue weighted by Crippen LogP contribution is -2.23. The molecule has 0 aliphatic carbocycles. The average molecular weight is 360 g/mol. The molecule has 0 aromatic heterocycles. The first-order valence-electron chi connectivity index (χ1n) is 11.4. The van der Waals surface area contributed by atoms with Gasteiger partial charge in [0.05, 0.1) is 6.61 Å². The van der Waals surface area contributed by atoms with Crippen molar-refractivity contribution >= 4 is 5.69 Å². The molecule has 148 valence electrons. The van der Waals surface area contributed by atoms with Crippen molar-refractivity contribution in [2.24, 2.45) is 0 Å². The monoisotopic (exact) mass is 359 g/mol. The van der Waals surface area contributed by atoms with E-state index in [1.807, 2.05) is 0 Å². The lowest BCUT2D eigenvalue weighted by molar-refractivity contribution is 0.304. The highest BCUT2D eigenvalue weighted by atomic mass is 16.5. The molecular weight excluding hydrogens is 318 g/mol. The van der Waals surface area contributed by atoms with Gasteiger partial charge >= 0.3 is 0 Å². The van der Waals surface area contributed by atoms with Crippen LogP contribution in [0.5, 0.6) is 5.75 Å². The van der Waals surface area contributed by atoms with Gasteiger partial charge < -0.3 is 9.64 Å². The molecule has 2 heteroatoms. The van der Waals surface area contributed by atoms with E-state index in [9.17, 15) is 0 Å². The van der Waals surface area contributed by atoms with Crippen LogP contribution in [0, 0.1) is 0 Å². The zero-order valence-electron chi connectivity index (χ0n) is 17.2. The van der Waals surface area contributed by atoms with Crippen molar-refractivity contribution in [2.75, 3.05) is 24.6 Å². The maximum absolute atomic E-state index is 5.93. The molecule has 1 aliphatic heterocycles. The summed E-state index contributed by atoms with van der Waals surface area (Å²) in [6.07, 6.45) is 19.2. The van der Waals surface area contributed by atoms with E-state index in [1.54, 1.807) is 0 Å². The smallest absolute Gasteiger partial charge is 0.119 e. The Kier molecular flexibility index (Phi) is 11.3. The van der Waals surface area contributed by atoms with Crippen LogP contribution in [0.1, 0.15) is 96.8 Å². The first-order valence-corrected chi connectivity index (χ1v) is 11.4. The summed E-state index contributed by atoms with van der Waals surface area (Å²) in [4.78, 5) is 2.53. The molecule has 2 nitrogen and oxygen atoms in total. The molecule has 0 bridgehead atoms. The quantitative estimate of drug-likeness (QED) is 0.341. The van der Waals surface area contributed by atoms with Crippen LogP contribution in [0.2, 0.25) is 0 Å². The first kappa shape index (κ1) is 21.1. The fourth-order valence-electron chi connectivity index (χ4n) is 3.86. The Labute approximate surface area is 162 Å². The number of hydrogen-bond acceptors (Lipinski definition) is 2. The van der Waals surface area contributed by atoms with E-state index >= 15 is 0 Å². The number of hydrogen-bond donors (Lipinski definition) is 0. The van der Waals surface area contributed by atoms with Crippen LogP contribution < -0.4 is 9.64 Å². The predicted octanol–water partition coefficient (Wildman–Crippen LogP) is 7.37. The maximum atomic E-state index is 5.93. The molecule has 0 amide bonds. The minimum Gasteiger partial charge on any atom is -0.494 e. The molecular formula is C24H41NO. The van der Waals surface area contributed by atoms with Gasteiger partial charge in [-0.3, -0.25) is 0 Å². The van der Waals surface area contributed by atoms with Gasteiger partial charge in [-0.1, -0.05) is 77.6 Å². The van der Waals surface area contributed by atoms with Crippen LogP contribution in [0.3, 0.4) is 0 Å². The van der Waals surface area contributed by atoms with E-state index in [2.05, 4.69) is 36.1 Å². The lowest BCUT2D eigenvalue weighted by atomic mass is 10.1. The minimum absolute atomic E-state index is 0.861. The molecule has 1 aromatic rings. The number of rotatable bonds is 13. The van der Waals surface area contributed by atoms with E-state index in [0.29, 0.717) is 0 Å². The van der Waals surface area contributed by atoms with Crippen molar-refractivity contribution in [3.63, 3.8) is 0 Å². The molecule has 1 aliphatic rings. The minimum atomic E-state index is 0.861. The van der Waals surface area contributed by atoms with Crippen molar-refractivity contribution in [2.45, 2.75) is 96.8 Å². The summed E-state index contributed by atoms with van der Waals surface area (Å²) in [5.41, 5.74) is 1.36. The molecule has 0 atom stereocenters. The van der Waals surface area contributed by atoms with Crippen LogP contribution in [-0.4, -0.2) is 19.7 Å². The number of unbranched alkanes of at least 4 members (excludes halogenated alkanes) is 9. The Balaban J connectivity index is 1.49. The maximum Gasteiger partial charge on any atom is 0.119 e. The molecule has 0 N–H and O–H groups in total. The fraction of sp³-hybridized carbons (Fsp3) is 0.750. The van der Waals surface area contributed by atoms with E-state index in [1.165, 1.54) is 109 Å². The number of ether oxygens (including phenoxy) is 1. The predicted molar refractivity (Wildman–Crippen MR) is 114 cm³/mol. The van der Waals surface area contributed by atoms with Crippen molar-refractivity contribution < 1.29 is 4.74 Å². The van der Waals surface area contributed by atoms with E-state index in [4.69, 9.17) is 4.74 Å². The summed E-state index contributed by atoms with van der Waals surface area (Å²) in [6.45, 7) is 5.56. The second-order valence-corrected chi connectivity index (χ2v) is 7.93. The molecule has 1 heterocycles. The summed E-state index contributed by atoms with van der Waals surface area (Å²) in [5.74, 6) is 1.03. The Hall–Kier alpha value is -1.18. The van der Waals surface area contributed by atoms with E-state index in [0.717, 1.165) is 12.4 Å². The second-order valence-electron chi connectivity index (χ2n) is 7.93. The zero-order valence-corrected chi connectivity index (χ0v) is 17.2. The second kappa shape index (κ2) is 13.9. The number of benzene rings is 1. The summed E-state index contributed by atoms with van der Waals surface area (Å²) in [6, 6.07) is 8.77. The van der Waals surface area contributed by atoms with Gasteiger partial charge in [0.15, 0.2) is 0 Å². The van der Waals surface area contributed by atoms with Crippen molar-refractivity contribution in [1.29, 1.82) is 0 Å². The highest BCUT2D eigenvalue weighted by molar-refractivity contribution is 5.49. The molecule has 0 radical (unpaired) electrons. The van der Waals surface area contributed by atoms with Crippen LogP contribution in [0.4, 0.5) is 5.69 Å². The highest BCUT2D eigenvalue weighted by Gasteiger charge is 2.09. The highest BCUT2D eigenvalue weighted by Crippen LogP contribution is 2.22. The van der Waals surface area contributed by atoms with Gasteiger partial charge in [0.1, 0.15) is 5.75 Å². The third-order valence-corrected chi connectivity index (χ3v) is 5.57.